The summed E-state index contributed by atoms with van der Waals surface area (Å²) in [6, 6.07) is 8.13. The molecule has 0 unspecified atom stereocenters. The number of nitrogens with one attached hydrogen (secondary N) is 1. The monoisotopic (exact) mass is 374 g/mol. The molecule has 3 N–H and O–H groups in total. The molecule has 1 saturated heterocycles. The van der Waals surface area contributed by atoms with Crippen LogP contribution in [-0.2, 0) is 4.74 Å². The van der Waals surface area contributed by atoms with Crippen molar-refractivity contribution in [3.63, 3.8) is 0 Å². The minimum atomic E-state index is -0.495. The van der Waals surface area contributed by atoms with Gasteiger partial charge in [0.2, 0.25) is 0 Å². The van der Waals surface area contributed by atoms with E-state index in [1.165, 1.54) is 0 Å². The summed E-state index contributed by atoms with van der Waals surface area (Å²) < 4.78 is 12.8. The lowest BCUT2D eigenvalue weighted by atomic mass is 9.73. The van der Waals surface area contributed by atoms with E-state index in [9.17, 15) is 0 Å². The molecule has 0 bridgehead atoms. The summed E-state index contributed by atoms with van der Waals surface area (Å²) in [5.74, 6) is 7.78. The number of benzene rings is 1. The van der Waals surface area contributed by atoms with Crippen molar-refractivity contribution in [1.29, 1.82) is 0 Å². The van der Waals surface area contributed by atoms with E-state index in [4.69, 9.17) is 19.7 Å². The molecule has 148 valence electrons. The van der Waals surface area contributed by atoms with Crippen LogP contribution in [0.25, 0.3) is 0 Å². The number of hydrogen-bond donors (Lipinski definition) is 3. The number of rotatable bonds is 5. The molecular formula is C22H32NO4+. The van der Waals surface area contributed by atoms with Crippen LogP contribution in [0, 0.1) is 17.8 Å². The largest absolute Gasteiger partial charge is 0.487 e. The zero-order valence-corrected chi connectivity index (χ0v) is 16.6. The predicted molar refractivity (Wildman–Crippen MR) is 104 cm³/mol. The Bertz CT molecular complexity index is 702. The maximum atomic E-state index is 9.15. The Kier molecular flexibility index (Phi) is 6.12. The second-order valence-electron chi connectivity index (χ2n) is 8.33. The first-order valence-electron chi connectivity index (χ1n) is 9.89. The molecule has 1 aromatic carbocycles. The highest BCUT2D eigenvalue weighted by Crippen LogP contribution is 2.52. The summed E-state index contributed by atoms with van der Waals surface area (Å²) in [7, 11) is 0. The maximum Gasteiger partial charge on any atom is 0.139 e. The quantitative estimate of drug-likeness (QED) is 0.672. The van der Waals surface area contributed by atoms with Gasteiger partial charge in [0.1, 0.15) is 36.6 Å². The molecule has 5 heteroatoms. The van der Waals surface area contributed by atoms with Crippen LogP contribution in [0.5, 0.6) is 5.75 Å². The van der Waals surface area contributed by atoms with Crippen LogP contribution in [0.1, 0.15) is 45.3 Å². The van der Waals surface area contributed by atoms with Gasteiger partial charge in [-0.25, -0.2) is 0 Å². The highest BCUT2D eigenvalue weighted by molar-refractivity contribution is 5.39. The number of aliphatic hydroxyl groups is 2. The summed E-state index contributed by atoms with van der Waals surface area (Å²) in [6.07, 6.45) is 1.85. The first-order chi connectivity index (χ1) is 12.9. The van der Waals surface area contributed by atoms with Crippen molar-refractivity contribution in [1.82, 2.24) is 0 Å². The maximum absolute atomic E-state index is 9.15. The number of hydrogen-bond acceptors (Lipinski definition) is 4. The van der Waals surface area contributed by atoms with Gasteiger partial charge in [0.15, 0.2) is 0 Å². The average molecular weight is 375 g/mol. The fourth-order valence-electron chi connectivity index (χ4n) is 4.23. The van der Waals surface area contributed by atoms with Crippen molar-refractivity contribution in [2.75, 3.05) is 32.8 Å². The molecule has 1 aromatic rings. The fourth-order valence-corrected chi connectivity index (χ4v) is 4.23. The molecule has 2 heterocycles. The van der Waals surface area contributed by atoms with E-state index in [1.807, 2.05) is 18.2 Å². The first kappa shape index (κ1) is 20.2. The van der Waals surface area contributed by atoms with Gasteiger partial charge >= 0.3 is 0 Å². The third-order valence-electron chi connectivity index (χ3n) is 5.80. The van der Waals surface area contributed by atoms with Gasteiger partial charge < -0.3 is 24.6 Å². The van der Waals surface area contributed by atoms with Crippen LogP contribution < -0.4 is 9.64 Å². The van der Waals surface area contributed by atoms with E-state index >= 15 is 0 Å². The van der Waals surface area contributed by atoms with E-state index in [0.29, 0.717) is 25.6 Å². The van der Waals surface area contributed by atoms with Gasteiger partial charge in [0, 0.05) is 11.5 Å². The Morgan fingerprint density at radius 3 is 2.56 bits per heavy atom. The van der Waals surface area contributed by atoms with Crippen LogP contribution in [-0.4, -0.2) is 54.3 Å². The zero-order valence-electron chi connectivity index (χ0n) is 16.6. The molecule has 0 aliphatic carbocycles. The van der Waals surface area contributed by atoms with Crippen LogP contribution in [0.2, 0.25) is 0 Å². The molecule has 3 atom stereocenters. The highest BCUT2D eigenvalue weighted by atomic mass is 16.5. The molecule has 2 aliphatic rings. The van der Waals surface area contributed by atoms with Gasteiger partial charge in [-0.1, -0.05) is 24.1 Å². The van der Waals surface area contributed by atoms with Gasteiger partial charge in [-0.2, -0.15) is 0 Å². The molecule has 1 fully saturated rings. The third-order valence-corrected chi connectivity index (χ3v) is 5.80. The van der Waals surface area contributed by atoms with E-state index in [0.717, 1.165) is 29.1 Å². The first-order valence-corrected chi connectivity index (χ1v) is 9.89. The van der Waals surface area contributed by atoms with Crippen molar-refractivity contribution >= 4 is 0 Å². The SMILES string of the molecule is CC1(C)Oc2ccccc2[C@@H]2O[C@](C)(C#CC[NH+](CCO)CCO)CC[C@@H]21. The van der Waals surface area contributed by atoms with Crippen molar-refractivity contribution in [2.24, 2.45) is 5.92 Å². The Labute approximate surface area is 162 Å². The van der Waals surface area contributed by atoms with E-state index in [2.05, 4.69) is 38.7 Å². The number of quaternary nitrogens is 1. The van der Waals surface area contributed by atoms with Gasteiger partial charge in [-0.3, -0.25) is 0 Å². The van der Waals surface area contributed by atoms with Crippen LogP contribution in [0.3, 0.4) is 0 Å². The number of aliphatic hydroxyl groups excluding tert-OH is 2. The van der Waals surface area contributed by atoms with Crippen LogP contribution in [0.15, 0.2) is 24.3 Å². The number of fused-ring (bicyclic) bond motifs is 3. The van der Waals surface area contributed by atoms with Crippen LogP contribution >= 0.6 is 0 Å². The molecule has 0 amide bonds. The summed E-state index contributed by atoms with van der Waals surface area (Å²) in [5.41, 5.74) is 0.352. The molecular weight excluding hydrogens is 342 g/mol. The highest BCUT2D eigenvalue weighted by Gasteiger charge is 2.49. The van der Waals surface area contributed by atoms with E-state index in [-0.39, 0.29) is 24.9 Å². The van der Waals surface area contributed by atoms with Crippen LogP contribution in [0.4, 0.5) is 0 Å². The molecule has 3 rings (SSSR count). The lowest BCUT2D eigenvalue weighted by Gasteiger charge is -2.50. The molecule has 0 aromatic heterocycles. The molecule has 27 heavy (non-hydrogen) atoms. The van der Waals surface area contributed by atoms with Crippen molar-refractivity contribution in [3.8, 4) is 17.6 Å². The minimum Gasteiger partial charge on any atom is -0.487 e. The van der Waals surface area contributed by atoms with E-state index in [1.54, 1.807) is 0 Å². The number of para-hydroxylation sites is 1. The Hall–Kier alpha value is -1.58. The minimum absolute atomic E-state index is 0.0173. The number of ether oxygens (including phenoxy) is 2. The van der Waals surface area contributed by atoms with Crippen molar-refractivity contribution in [2.45, 2.75) is 50.9 Å². The second kappa shape index (κ2) is 8.20. The van der Waals surface area contributed by atoms with Crippen molar-refractivity contribution < 1.29 is 24.6 Å². The average Bonchev–Trinajstić information content (AvgIpc) is 2.61. The predicted octanol–water partition coefficient (Wildman–Crippen LogP) is 0.957. The topological polar surface area (TPSA) is 63.4 Å². The van der Waals surface area contributed by atoms with E-state index < -0.39 is 5.60 Å². The summed E-state index contributed by atoms with van der Waals surface area (Å²) >= 11 is 0. The summed E-state index contributed by atoms with van der Waals surface area (Å²) in [4.78, 5) is 1.09. The molecule has 0 saturated carbocycles. The molecule has 5 nitrogen and oxygen atoms in total. The Morgan fingerprint density at radius 1 is 1.15 bits per heavy atom. The molecule has 0 radical (unpaired) electrons. The molecule has 0 spiro atoms. The second-order valence-corrected chi connectivity index (χ2v) is 8.33. The Morgan fingerprint density at radius 2 is 1.85 bits per heavy atom. The Balaban J connectivity index is 1.77. The smallest absolute Gasteiger partial charge is 0.139 e. The zero-order chi connectivity index (χ0) is 19.5. The van der Waals surface area contributed by atoms with Gasteiger partial charge in [-0.15, -0.1) is 0 Å². The van der Waals surface area contributed by atoms with Gasteiger partial charge in [0.25, 0.3) is 0 Å². The lowest BCUT2D eigenvalue weighted by molar-refractivity contribution is -0.893. The summed E-state index contributed by atoms with van der Waals surface area (Å²) in [5, 5.41) is 18.3. The lowest BCUT2D eigenvalue weighted by Crippen LogP contribution is -3.13. The van der Waals surface area contributed by atoms with Gasteiger partial charge in [-0.05, 0) is 45.6 Å². The normalized spacial score (nSPS) is 28.5. The van der Waals surface area contributed by atoms with Crippen molar-refractivity contribution in [3.05, 3.63) is 29.8 Å². The standard InChI is InChI=1S/C22H31NO4/c1-21(2)18-9-11-22(3,10-6-12-23(13-15-24)14-16-25)27-20(18)17-7-4-5-8-19(17)26-21/h4-5,7-8,18,20,24-25H,9,11-16H2,1-3H3/p+1/t18-,20-,22+/m0/s1. The molecule has 2 aliphatic heterocycles. The third kappa shape index (κ3) is 4.47. The fraction of sp³-hybridized carbons (Fsp3) is 0.636. The summed E-state index contributed by atoms with van der Waals surface area (Å²) in [6.45, 7) is 8.33. The van der Waals surface area contributed by atoms with Gasteiger partial charge in [0.05, 0.1) is 19.3 Å².